The van der Waals surface area contributed by atoms with Gasteiger partial charge < -0.3 is 0 Å². The van der Waals surface area contributed by atoms with Crippen LogP contribution in [0, 0.1) is 0 Å². The lowest BCUT2D eigenvalue weighted by Gasteiger charge is -2.09. The molecule has 0 saturated carbocycles. The van der Waals surface area contributed by atoms with E-state index in [1.165, 1.54) is 12.4 Å². The Morgan fingerprint density at radius 3 is 2.71 bits per heavy atom. The summed E-state index contributed by atoms with van der Waals surface area (Å²) in [7, 11) is -3.61. The van der Waals surface area contributed by atoms with Crippen LogP contribution in [0.25, 0.3) is 0 Å². The number of nitrogens with zero attached hydrogens (tertiary/aromatic N) is 2. The maximum Gasteiger partial charge on any atom is 0.241 e. The maximum atomic E-state index is 11.0. The predicted molar refractivity (Wildman–Crippen MR) is 53.2 cm³/mol. The van der Waals surface area contributed by atoms with Gasteiger partial charge in [0.05, 0.1) is 6.20 Å². The van der Waals surface area contributed by atoms with E-state index in [1.807, 2.05) is 6.92 Å². The van der Waals surface area contributed by atoms with E-state index in [1.54, 1.807) is 4.68 Å². The largest absolute Gasteiger partial charge is 0.269 e. The van der Waals surface area contributed by atoms with E-state index in [2.05, 4.69) is 12.0 Å². The molecule has 1 atom stereocenters. The van der Waals surface area contributed by atoms with E-state index in [-0.39, 0.29) is 10.9 Å². The smallest absolute Gasteiger partial charge is 0.241 e. The molecule has 1 heterocycles. The van der Waals surface area contributed by atoms with Crippen molar-refractivity contribution < 1.29 is 8.42 Å². The lowest BCUT2D eigenvalue weighted by molar-refractivity contribution is 0.454. The van der Waals surface area contributed by atoms with Crippen molar-refractivity contribution in [2.45, 2.75) is 37.6 Å². The van der Waals surface area contributed by atoms with E-state index in [0.29, 0.717) is 0 Å². The van der Waals surface area contributed by atoms with Crippen LogP contribution in [-0.2, 0) is 10.0 Å². The Balaban J connectivity index is 2.88. The second-order valence-electron chi connectivity index (χ2n) is 3.34. The van der Waals surface area contributed by atoms with Gasteiger partial charge in [-0.2, -0.15) is 5.10 Å². The fourth-order valence-electron chi connectivity index (χ4n) is 1.26. The van der Waals surface area contributed by atoms with E-state index < -0.39 is 10.0 Å². The van der Waals surface area contributed by atoms with Gasteiger partial charge in [-0.3, -0.25) is 4.68 Å². The van der Waals surface area contributed by atoms with Gasteiger partial charge in [0.2, 0.25) is 10.0 Å². The minimum absolute atomic E-state index is 0.0699. The molecule has 0 fully saturated rings. The monoisotopic (exact) mass is 217 g/mol. The molecule has 0 radical (unpaired) electrons. The molecule has 0 aliphatic rings. The molecule has 6 heteroatoms. The number of hydrogen-bond acceptors (Lipinski definition) is 3. The molecule has 0 aliphatic carbocycles. The Labute approximate surface area is 84.0 Å². The number of nitrogens with two attached hydrogens (primary N) is 1. The Bertz CT molecular complexity index is 396. The van der Waals surface area contributed by atoms with Crippen LogP contribution < -0.4 is 5.14 Å². The Morgan fingerprint density at radius 2 is 2.29 bits per heavy atom. The van der Waals surface area contributed by atoms with E-state index in [0.717, 1.165) is 12.8 Å². The van der Waals surface area contributed by atoms with Gasteiger partial charge in [-0.25, -0.2) is 13.6 Å². The normalized spacial score (nSPS) is 14.2. The van der Waals surface area contributed by atoms with Gasteiger partial charge in [0.25, 0.3) is 0 Å². The van der Waals surface area contributed by atoms with E-state index >= 15 is 0 Å². The zero-order chi connectivity index (χ0) is 10.8. The fourth-order valence-corrected chi connectivity index (χ4v) is 1.71. The van der Waals surface area contributed by atoms with Gasteiger partial charge in [-0.05, 0) is 13.3 Å². The number of sulfonamides is 1. The zero-order valence-corrected chi connectivity index (χ0v) is 9.16. The van der Waals surface area contributed by atoms with Crippen molar-refractivity contribution in [3.63, 3.8) is 0 Å². The summed E-state index contributed by atoms with van der Waals surface area (Å²) in [6.45, 7) is 4.06. The molecular weight excluding hydrogens is 202 g/mol. The summed E-state index contributed by atoms with van der Waals surface area (Å²) in [6.07, 6.45) is 4.74. The molecule has 0 bridgehead atoms. The van der Waals surface area contributed by atoms with Crippen molar-refractivity contribution in [1.82, 2.24) is 9.78 Å². The lowest BCUT2D eigenvalue weighted by atomic mass is 10.2. The molecule has 0 amide bonds. The summed E-state index contributed by atoms with van der Waals surface area (Å²) in [5.74, 6) is 0. The van der Waals surface area contributed by atoms with Crippen molar-refractivity contribution in [2.75, 3.05) is 0 Å². The summed E-state index contributed by atoms with van der Waals surface area (Å²) in [4.78, 5) is 0.0699. The molecule has 1 unspecified atom stereocenters. The van der Waals surface area contributed by atoms with Crippen LogP contribution in [0.4, 0.5) is 0 Å². The van der Waals surface area contributed by atoms with Crippen LogP contribution in [0.1, 0.15) is 32.7 Å². The molecule has 2 N–H and O–H groups in total. The highest BCUT2D eigenvalue weighted by Crippen LogP contribution is 2.14. The number of primary sulfonamides is 1. The molecule has 0 spiro atoms. The topological polar surface area (TPSA) is 78.0 Å². The van der Waals surface area contributed by atoms with Gasteiger partial charge in [-0.15, -0.1) is 0 Å². The van der Waals surface area contributed by atoms with Gasteiger partial charge in [0.1, 0.15) is 4.90 Å². The highest BCUT2D eigenvalue weighted by molar-refractivity contribution is 7.89. The molecule has 1 rings (SSSR count). The molecule has 1 aromatic rings. The third-order valence-corrected chi connectivity index (χ3v) is 2.93. The van der Waals surface area contributed by atoms with Gasteiger partial charge in [-0.1, -0.05) is 13.3 Å². The van der Waals surface area contributed by atoms with E-state index in [4.69, 9.17) is 5.14 Å². The minimum Gasteiger partial charge on any atom is -0.269 e. The van der Waals surface area contributed by atoms with Gasteiger partial charge in [0.15, 0.2) is 0 Å². The number of hydrogen-bond donors (Lipinski definition) is 1. The second-order valence-corrected chi connectivity index (χ2v) is 4.90. The van der Waals surface area contributed by atoms with Crippen LogP contribution in [0.5, 0.6) is 0 Å². The first-order chi connectivity index (χ1) is 6.45. The summed E-state index contributed by atoms with van der Waals surface area (Å²) < 4.78 is 23.5. The highest BCUT2D eigenvalue weighted by Gasteiger charge is 2.12. The van der Waals surface area contributed by atoms with Gasteiger partial charge in [0, 0.05) is 12.2 Å². The van der Waals surface area contributed by atoms with Crippen molar-refractivity contribution in [3.05, 3.63) is 12.4 Å². The summed E-state index contributed by atoms with van der Waals surface area (Å²) in [5, 5.41) is 8.92. The molecule has 1 aromatic heterocycles. The molecule has 0 saturated heterocycles. The standard InChI is InChI=1S/C8H15N3O2S/c1-3-4-7(2)11-6-8(5-10-11)14(9,12)13/h5-7H,3-4H2,1-2H3,(H2,9,12,13). The van der Waals surface area contributed by atoms with E-state index in [9.17, 15) is 8.42 Å². The molecule has 14 heavy (non-hydrogen) atoms. The Kier molecular flexibility index (Phi) is 3.28. The first-order valence-corrected chi connectivity index (χ1v) is 6.06. The molecule has 0 aromatic carbocycles. The van der Waals surface area contributed by atoms with Crippen LogP contribution in [0.15, 0.2) is 17.3 Å². The summed E-state index contributed by atoms with van der Waals surface area (Å²) in [5.41, 5.74) is 0. The quantitative estimate of drug-likeness (QED) is 0.813. The highest BCUT2D eigenvalue weighted by atomic mass is 32.2. The Morgan fingerprint density at radius 1 is 1.64 bits per heavy atom. The summed E-state index contributed by atoms with van der Waals surface area (Å²) >= 11 is 0. The van der Waals surface area contributed by atoms with Crippen molar-refractivity contribution in [1.29, 1.82) is 0 Å². The molecular formula is C8H15N3O2S. The van der Waals surface area contributed by atoms with Crippen LogP contribution in [0.2, 0.25) is 0 Å². The molecule has 0 aliphatic heterocycles. The fraction of sp³-hybridized carbons (Fsp3) is 0.625. The number of aromatic nitrogens is 2. The van der Waals surface area contributed by atoms with Crippen molar-refractivity contribution in [2.24, 2.45) is 5.14 Å². The van der Waals surface area contributed by atoms with Crippen molar-refractivity contribution >= 4 is 10.0 Å². The molecule has 80 valence electrons. The maximum absolute atomic E-state index is 11.0. The lowest BCUT2D eigenvalue weighted by Crippen LogP contribution is -2.11. The average molecular weight is 217 g/mol. The first kappa shape index (κ1) is 11.2. The third kappa shape index (κ3) is 2.55. The van der Waals surface area contributed by atoms with Crippen LogP contribution in [-0.4, -0.2) is 18.2 Å². The first-order valence-electron chi connectivity index (χ1n) is 4.52. The zero-order valence-electron chi connectivity index (χ0n) is 8.34. The number of rotatable bonds is 4. The average Bonchev–Trinajstić information content (AvgIpc) is 2.51. The van der Waals surface area contributed by atoms with Crippen LogP contribution in [0.3, 0.4) is 0 Å². The van der Waals surface area contributed by atoms with Gasteiger partial charge >= 0.3 is 0 Å². The molecule has 5 nitrogen and oxygen atoms in total. The Hall–Kier alpha value is -0.880. The van der Waals surface area contributed by atoms with Crippen molar-refractivity contribution in [3.8, 4) is 0 Å². The SMILES string of the molecule is CCCC(C)n1cc(S(N)(=O)=O)cn1. The van der Waals surface area contributed by atoms with Crippen LogP contribution >= 0.6 is 0 Å². The third-order valence-electron chi connectivity index (χ3n) is 2.06. The summed E-state index contributed by atoms with van der Waals surface area (Å²) in [6, 6.07) is 0.204. The predicted octanol–water partition coefficient (Wildman–Crippen LogP) is 0.892. The second kappa shape index (κ2) is 4.10. The minimum atomic E-state index is -3.61.